The summed E-state index contributed by atoms with van der Waals surface area (Å²) in [6.45, 7) is 6.43. The van der Waals surface area contributed by atoms with Crippen molar-refractivity contribution in [1.29, 1.82) is 0 Å². The molecule has 0 bridgehead atoms. The van der Waals surface area contributed by atoms with Crippen molar-refractivity contribution in [1.82, 2.24) is 19.8 Å². The number of nitrogens with one attached hydrogen (secondary N) is 1. The first kappa shape index (κ1) is 17.6. The van der Waals surface area contributed by atoms with Crippen molar-refractivity contribution in [3.05, 3.63) is 42.5 Å². The molecule has 0 radical (unpaired) electrons. The van der Waals surface area contributed by atoms with E-state index in [1.807, 2.05) is 30.7 Å². The molecule has 3 heterocycles. The van der Waals surface area contributed by atoms with Crippen LogP contribution in [0.25, 0.3) is 0 Å². The lowest BCUT2D eigenvalue weighted by molar-refractivity contribution is -0.122. The predicted octanol–water partition coefficient (Wildman–Crippen LogP) is 2.70. The van der Waals surface area contributed by atoms with E-state index in [4.69, 9.17) is 4.74 Å². The van der Waals surface area contributed by atoms with Gasteiger partial charge in [0.2, 0.25) is 11.9 Å². The number of aryl methyl sites for hydroxylation is 1. The quantitative estimate of drug-likeness (QED) is 0.764. The van der Waals surface area contributed by atoms with Gasteiger partial charge in [-0.3, -0.25) is 10.1 Å². The van der Waals surface area contributed by atoms with Gasteiger partial charge in [0.15, 0.2) is 0 Å². The molecule has 1 saturated heterocycles. The second kappa shape index (κ2) is 7.42. The molecule has 1 N–H and O–H groups in total. The Kier molecular flexibility index (Phi) is 4.83. The molecule has 1 fully saturated rings. The lowest BCUT2D eigenvalue weighted by Gasteiger charge is -2.29. The topological polar surface area (TPSA) is 71.7 Å². The summed E-state index contributed by atoms with van der Waals surface area (Å²) in [5.41, 5.74) is 2.00. The largest absolute Gasteiger partial charge is 0.494 e. The molecule has 2 aliphatic heterocycles. The third kappa shape index (κ3) is 3.67. The van der Waals surface area contributed by atoms with Gasteiger partial charge in [-0.2, -0.15) is 0 Å². The number of ether oxygens (including phenoxy) is 1. The molecule has 0 spiro atoms. The van der Waals surface area contributed by atoms with Crippen LogP contribution in [-0.2, 0) is 17.9 Å². The second-order valence-electron chi connectivity index (χ2n) is 7.39. The fourth-order valence-electron chi connectivity index (χ4n) is 3.65. The number of hydrogen-bond donors (Lipinski definition) is 1. The van der Waals surface area contributed by atoms with E-state index in [9.17, 15) is 4.79 Å². The molecule has 1 amide bonds. The lowest BCUT2D eigenvalue weighted by Crippen LogP contribution is -2.39. The highest BCUT2D eigenvalue weighted by Gasteiger charge is 2.40. The van der Waals surface area contributed by atoms with Crippen molar-refractivity contribution < 1.29 is 9.53 Å². The van der Waals surface area contributed by atoms with Crippen LogP contribution in [0, 0.1) is 5.92 Å². The van der Waals surface area contributed by atoms with Crippen LogP contribution in [0.15, 0.2) is 41.9 Å². The summed E-state index contributed by atoms with van der Waals surface area (Å²) in [5.74, 6) is 1.79. The Morgan fingerprint density at radius 2 is 2.22 bits per heavy atom. The zero-order valence-corrected chi connectivity index (χ0v) is 15.8. The summed E-state index contributed by atoms with van der Waals surface area (Å²) in [4.78, 5) is 22.9. The Morgan fingerprint density at radius 3 is 3.00 bits per heavy atom. The van der Waals surface area contributed by atoms with Crippen molar-refractivity contribution in [3.63, 3.8) is 0 Å². The fourth-order valence-corrected chi connectivity index (χ4v) is 3.65. The van der Waals surface area contributed by atoms with E-state index in [2.05, 4.69) is 38.6 Å². The maximum atomic E-state index is 12.2. The first-order chi connectivity index (χ1) is 13.1. The molecule has 1 aromatic carbocycles. The maximum Gasteiger partial charge on any atom is 0.249 e. The Hall–Kier alpha value is -2.83. The number of unbranched alkanes of at least 4 members (excludes halogenated alkanes) is 1. The van der Waals surface area contributed by atoms with Gasteiger partial charge in [0, 0.05) is 31.0 Å². The molecule has 142 valence electrons. The zero-order chi connectivity index (χ0) is 18.8. The van der Waals surface area contributed by atoms with E-state index in [0.717, 1.165) is 36.4 Å². The van der Waals surface area contributed by atoms with Gasteiger partial charge in [0.25, 0.3) is 0 Å². The minimum Gasteiger partial charge on any atom is -0.494 e. The first-order valence-corrected chi connectivity index (χ1v) is 9.49. The van der Waals surface area contributed by atoms with Crippen molar-refractivity contribution in [2.45, 2.75) is 45.8 Å². The number of rotatable bonds is 7. The standard InChI is InChI=1S/C20H25N5O2/c1-14(2)18-19(26)23-20-22-17-6-5-16(11-15(17)12-25(18)20)27-10-4-3-8-24-9-7-21-13-24/h5-7,9,11,13-14,18H,3-4,8,10,12H2,1-2H3,(H,22,23,26). The summed E-state index contributed by atoms with van der Waals surface area (Å²) < 4.78 is 8.00. The Morgan fingerprint density at radius 1 is 1.33 bits per heavy atom. The van der Waals surface area contributed by atoms with E-state index in [-0.39, 0.29) is 17.9 Å². The van der Waals surface area contributed by atoms with Gasteiger partial charge in [0.05, 0.1) is 18.6 Å². The summed E-state index contributed by atoms with van der Waals surface area (Å²) in [7, 11) is 0. The number of benzene rings is 1. The van der Waals surface area contributed by atoms with E-state index in [1.165, 1.54) is 0 Å². The van der Waals surface area contributed by atoms with Crippen LogP contribution in [0.3, 0.4) is 0 Å². The fraction of sp³-hybridized carbons (Fsp3) is 0.450. The zero-order valence-electron chi connectivity index (χ0n) is 15.8. The predicted molar refractivity (Wildman–Crippen MR) is 103 cm³/mol. The molecule has 7 heteroatoms. The van der Waals surface area contributed by atoms with Crippen LogP contribution in [0.4, 0.5) is 5.69 Å². The number of fused-ring (bicyclic) bond motifs is 2. The number of hydrogen-bond acceptors (Lipinski definition) is 5. The van der Waals surface area contributed by atoms with Gasteiger partial charge in [-0.25, -0.2) is 9.98 Å². The van der Waals surface area contributed by atoms with Crippen LogP contribution in [0.1, 0.15) is 32.3 Å². The Bertz CT molecular complexity index is 844. The summed E-state index contributed by atoms with van der Waals surface area (Å²) >= 11 is 0. The number of carbonyl (C=O) groups is 1. The van der Waals surface area contributed by atoms with Crippen LogP contribution < -0.4 is 10.1 Å². The van der Waals surface area contributed by atoms with Gasteiger partial charge in [-0.15, -0.1) is 0 Å². The molecule has 1 atom stereocenters. The molecule has 4 rings (SSSR count). The highest BCUT2D eigenvalue weighted by Crippen LogP contribution is 2.33. The van der Waals surface area contributed by atoms with Crippen molar-refractivity contribution in [2.75, 3.05) is 6.61 Å². The van der Waals surface area contributed by atoms with Crippen LogP contribution in [0.5, 0.6) is 5.75 Å². The van der Waals surface area contributed by atoms with E-state index < -0.39 is 0 Å². The number of amides is 1. The molecular formula is C20H25N5O2. The monoisotopic (exact) mass is 367 g/mol. The molecule has 27 heavy (non-hydrogen) atoms. The normalized spacial score (nSPS) is 18.2. The summed E-state index contributed by atoms with van der Waals surface area (Å²) in [6, 6.07) is 5.80. The molecule has 1 unspecified atom stereocenters. The number of aromatic nitrogens is 2. The van der Waals surface area contributed by atoms with Crippen LogP contribution in [-0.4, -0.2) is 39.0 Å². The van der Waals surface area contributed by atoms with Crippen LogP contribution in [0.2, 0.25) is 0 Å². The third-order valence-electron chi connectivity index (χ3n) is 5.00. The van der Waals surface area contributed by atoms with Gasteiger partial charge in [-0.1, -0.05) is 13.8 Å². The SMILES string of the molecule is CC(C)C1C(=O)NC2=Nc3ccc(OCCCCn4ccnc4)cc3CN21. The maximum absolute atomic E-state index is 12.2. The van der Waals surface area contributed by atoms with Gasteiger partial charge in [-0.05, 0) is 37.0 Å². The van der Waals surface area contributed by atoms with Crippen molar-refractivity contribution >= 4 is 17.6 Å². The number of carbonyl (C=O) groups excluding carboxylic acids is 1. The summed E-state index contributed by atoms with van der Waals surface area (Å²) in [6.07, 6.45) is 7.64. The molecule has 2 aromatic rings. The molecule has 2 aliphatic rings. The highest BCUT2D eigenvalue weighted by atomic mass is 16.5. The minimum absolute atomic E-state index is 0.0333. The second-order valence-corrected chi connectivity index (χ2v) is 7.39. The number of imidazole rings is 1. The highest BCUT2D eigenvalue weighted by molar-refractivity contribution is 6.07. The van der Waals surface area contributed by atoms with E-state index in [1.54, 1.807) is 6.20 Å². The average molecular weight is 367 g/mol. The Balaban J connectivity index is 1.35. The molecular weight excluding hydrogens is 342 g/mol. The minimum atomic E-state index is -0.162. The molecule has 0 saturated carbocycles. The Labute approximate surface area is 159 Å². The first-order valence-electron chi connectivity index (χ1n) is 9.49. The molecule has 1 aromatic heterocycles. The number of aliphatic imine (C=N–C) groups is 1. The van der Waals surface area contributed by atoms with E-state index in [0.29, 0.717) is 19.1 Å². The smallest absolute Gasteiger partial charge is 0.249 e. The van der Waals surface area contributed by atoms with Crippen molar-refractivity contribution in [3.8, 4) is 5.75 Å². The van der Waals surface area contributed by atoms with Crippen molar-refractivity contribution in [2.24, 2.45) is 10.9 Å². The molecule has 7 nitrogen and oxygen atoms in total. The van der Waals surface area contributed by atoms with Gasteiger partial charge >= 0.3 is 0 Å². The summed E-state index contributed by atoms with van der Waals surface area (Å²) in [5, 5.41) is 2.90. The third-order valence-corrected chi connectivity index (χ3v) is 5.00. The van der Waals surface area contributed by atoms with E-state index >= 15 is 0 Å². The number of guanidine groups is 1. The number of nitrogens with zero attached hydrogens (tertiary/aromatic N) is 4. The molecule has 0 aliphatic carbocycles. The van der Waals surface area contributed by atoms with Gasteiger partial charge in [0.1, 0.15) is 11.8 Å². The lowest BCUT2D eigenvalue weighted by atomic mass is 10.0. The average Bonchev–Trinajstić information content (AvgIpc) is 3.25. The van der Waals surface area contributed by atoms with Gasteiger partial charge < -0.3 is 14.2 Å². The van der Waals surface area contributed by atoms with Crippen LogP contribution >= 0.6 is 0 Å².